The second-order valence-corrected chi connectivity index (χ2v) is 5.03. The highest BCUT2D eigenvalue weighted by molar-refractivity contribution is 5.89. The van der Waals surface area contributed by atoms with E-state index >= 15 is 0 Å². The van der Waals surface area contributed by atoms with Crippen LogP contribution in [0.25, 0.3) is 0 Å². The number of carbonyl (C=O) groups is 1. The number of hydrogen-bond donors (Lipinski definition) is 1. The summed E-state index contributed by atoms with van der Waals surface area (Å²) >= 11 is 0. The molecule has 22 heavy (non-hydrogen) atoms. The van der Waals surface area contributed by atoms with Gasteiger partial charge in [-0.3, -0.25) is 0 Å². The number of nitrogens with zero attached hydrogens (tertiary/aromatic N) is 4. The molecular weight excluding hydrogens is 282 g/mol. The standard InChI is InChI=1S/C15H17N5O2/c1-22-14(21)11-4-6-12(7-5-11)17-15-18-13(10-16-19-15)20-8-2-3-9-20/h4-7,10H,2-3,8-9H2,1H3,(H,17,18,19). The fourth-order valence-electron chi connectivity index (χ4n) is 2.38. The first-order chi connectivity index (χ1) is 10.8. The van der Waals surface area contributed by atoms with Crippen LogP contribution < -0.4 is 10.2 Å². The van der Waals surface area contributed by atoms with Gasteiger partial charge in [0.1, 0.15) is 0 Å². The van der Waals surface area contributed by atoms with E-state index in [2.05, 4.69) is 30.1 Å². The quantitative estimate of drug-likeness (QED) is 0.865. The fraction of sp³-hybridized carbons (Fsp3) is 0.333. The molecule has 2 aromatic rings. The number of hydrogen-bond acceptors (Lipinski definition) is 7. The van der Waals surface area contributed by atoms with E-state index < -0.39 is 0 Å². The minimum Gasteiger partial charge on any atom is -0.465 e. The van der Waals surface area contributed by atoms with Crippen LogP contribution in [0.2, 0.25) is 0 Å². The number of benzene rings is 1. The predicted octanol–water partition coefficient (Wildman–Crippen LogP) is 2.00. The Morgan fingerprint density at radius 2 is 1.95 bits per heavy atom. The van der Waals surface area contributed by atoms with Crippen molar-refractivity contribution < 1.29 is 9.53 Å². The summed E-state index contributed by atoms with van der Waals surface area (Å²) in [6, 6.07) is 6.92. The van der Waals surface area contributed by atoms with Gasteiger partial charge in [-0.1, -0.05) is 0 Å². The topological polar surface area (TPSA) is 80.2 Å². The average Bonchev–Trinajstić information content (AvgIpc) is 3.10. The molecule has 0 radical (unpaired) electrons. The third kappa shape index (κ3) is 3.13. The van der Waals surface area contributed by atoms with Gasteiger partial charge in [0.15, 0.2) is 5.82 Å². The maximum atomic E-state index is 11.4. The van der Waals surface area contributed by atoms with E-state index in [1.807, 2.05) is 0 Å². The summed E-state index contributed by atoms with van der Waals surface area (Å²) in [6.45, 7) is 2.01. The van der Waals surface area contributed by atoms with E-state index in [-0.39, 0.29) is 5.97 Å². The Balaban J connectivity index is 1.72. The van der Waals surface area contributed by atoms with Crippen molar-refractivity contribution in [2.24, 2.45) is 0 Å². The normalized spacial score (nSPS) is 14.0. The second kappa shape index (κ2) is 6.38. The molecule has 1 aliphatic heterocycles. The molecule has 1 aliphatic rings. The van der Waals surface area contributed by atoms with Crippen LogP contribution in [0, 0.1) is 0 Å². The Kier molecular flexibility index (Phi) is 4.13. The van der Waals surface area contributed by atoms with Crippen molar-refractivity contribution in [2.75, 3.05) is 30.4 Å². The molecule has 3 rings (SSSR count). The number of rotatable bonds is 4. The smallest absolute Gasteiger partial charge is 0.337 e. The molecule has 0 aliphatic carbocycles. The zero-order valence-corrected chi connectivity index (χ0v) is 12.3. The summed E-state index contributed by atoms with van der Waals surface area (Å²) in [5, 5.41) is 11.1. The van der Waals surface area contributed by atoms with Gasteiger partial charge in [0.25, 0.3) is 0 Å². The van der Waals surface area contributed by atoms with E-state index in [0.29, 0.717) is 11.5 Å². The average molecular weight is 299 g/mol. The summed E-state index contributed by atoms with van der Waals surface area (Å²) in [4.78, 5) is 18.1. The third-order valence-corrected chi connectivity index (χ3v) is 3.54. The lowest BCUT2D eigenvalue weighted by atomic mass is 10.2. The highest BCUT2D eigenvalue weighted by Crippen LogP contribution is 2.19. The zero-order chi connectivity index (χ0) is 15.4. The molecule has 1 aromatic heterocycles. The van der Waals surface area contributed by atoms with Gasteiger partial charge in [-0.05, 0) is 37.1 Å². The summed E-state index contributed by atoms with van der Waals surface area (Å²) in [5.41, 5.74) is 1.28. The molecule has 114 valence electrons. The summed E-state index contributed by atoms with van der Waals surface area (Å²) < 4.78 is 4.67. The molecule has 0 unspecified atom stereocenters. The van der Waals surface area contributed by atoms with Gasteiger partial charge in [-0.15, -0.1) is 5.10 Å². The predicted molar refractivity (Wildman–Crippen MR) is 82.3 cm³/mol. The molecule has 2 heterocycles. The first kappa shape index (κ1) is 14.2. The maximum Gasteiger partial charge on any atom is 0.337 e. The molecular formula is C15H17N5O2. The van der Waals surface area contributed by atoms with E-state index in [1.165, 1.54) is 20.0 Å². The molecule has 0 saturated carbocycles. The molecule has 0 bridgehead atoms. The van der Waals surface area contributed by atoms with Crippen molar-refractivity contribution in [1.29, 1.82) is 0 Å². The van der Waals surface area contributed by atoms with E-state index in [9.17, 15) is 4.79 Å². The minimum atomic E-state index is -0.361. The Bertz CT molecular complexity index is 653. The number of methoxy groups -OCH3 is 1. The Hall–Kier alpha value is -2.70. The first-order valence-corrected chi connectivity index (χ1v) is 7.16. The monoisotopic (exact) mass is 299 g/mol. The van der Waals surface area contributed by atoms with Crippen LogP contribution in [0.3, 0.4) is 0 Å². The van der Waals surface area contributed by atoms with Crippen LogP contribution in [-0.4, -0.2) is 41.3 Å². The van der Waals surface area contributed by atoms with E-state index in [4.69, 9.17) is 0 Å². The summed E-state index contributed by atoms with van der Waals surface area (Å²) in [6.07, 6.45) is 4.04. The molecule has 7 nitrogen and oxygen atoms in total. The molecule has 1 saturated heterocycles. The lowest BCUT2D eigenvalue weighted by Gasteiger charge is -2.15. The number of ether oxygens (including phenoxy) is 1. The number of nitrogens with one attached hydrogen (secondary N) is 1. The minimum absolute atomic E-state index is 0.361. The molecule has 0 spiro atoms. The summed E-state index contributed by atoms with van der Waals surface area (Å²) in [7, 11) is 1.36. The van der Waals surface area contributed by atoms with Gasteiger partial charge in [-0.2, -0.15) is 10.1 Å². The molecule has 0 amide bonds. The molecule has 1 fully saturated rings. The van der Waals surface area contributed by atoms with Crippen LogP contribution in [0.1, 0.15) is 23.2 Å². The van der Waals surface area contributed by atoms with Gasteiger partial charge in [0, 0.05) is 18.8 Å². The summed E-state index contributed by atoms with van der Waals surface area (Å²) in [5.74, 6) is 0.914. The molecule has 0 atom stereocenters. The third-order valence-electron chi connectivity index (χ3n) is 3.54. The second-order valence-electron chi connectivity index (χ2n) is 5.03. The molecule has 1 N–H and O–H groups in total. The van der Waals surface area contributed by atoms with Crippen molar-refractivity contribution in [1.82, 2.24) is 15.2 Å². The Labute approximate surface area is 128 Å². The van der Waals surface area contributed by atoms with Crippen LogP contribution in [0.4, 0.5) is 17.5 Å². The lowest BCUT2D eigenvalue weighted by Crippen LogP contribution is -2.19. The van der Waals surface area contributed by atoms with Crippen molar-refractivity contribution >= 4 is 23.4 Å². The van der Waals surface area contributed by atoms with E-state index in [0.717, 1.165) is 24.6 Å². The lowest BCUT2D eigenvalue weighted by molar-refractivity contribution is 0.0601. The van der Waals surface area contributed by atoms with Gasteiger partial charge < -0.3 is 15.0 Å². The van der Waals surface area contributed by atoms with Crippen molar-refractivity contribution in [2.45, 2.75) is 12.8 Å². The van der Waals surface area contributed by atoms with Crippen molar-refractivity contribution in [3.63, 3.8) is 0 Å². The van der Waals surface area contributed by atoms with Crippen molar-refractivity contribution in [3.8, 4) is 0 Å². The fourth-order valence-corrected chi connectivity index (χ4v) is 2.38. The number of aromatic nitrogens is 3. The van der Waals surface area contributed by atoms with Gasteiger partial charge in [0.2, 0.25) is 5.95 Å². The van der Waals surface area contributed by atoms with Crippen LogP contribution in [-0.2, 0) is 4.74 Å². The van der Waals surface area contributed by atoms with Gasteiger partial charge in [-0.25, -0.2) is 4.79 Å². The zero-order valence-electron chi connectivity index (χ0n) is 12.3. The van der Waals surface area contributed by atoms with Crippen LogP contribution in [0.15, 0.2) is 30.5 Å². The number of carbonyl (C=O) groups excluding carboxylic acids is 1. The van der Waals surface area contributed by atoms with Crippen molar-refractivity contribution in [3.05, 3.63) is 36.0 Å². The number of esters is 1. The van der Waals surface area contributed by atoms with Crippen LogP contribution in [0.5, 0.6) is 0 Å². The maximum absolute atomic E-state index is 11.4. The molecule has 1 aromatic carbocycles. The Morgan fingerprint density at radius 3 is 2.64 bits per heavy atom. The first-order valence-electron chi connectivity index (χ1n) is 7.16. The SMILES string of the molecule is COC(=O)c1ccc(Nc2nncc(N3CCCC3)n2)cc1. The van der Waals surface area contributed by atoms with E-state index in [1.54, 1.807) is 30.5 Å². The number of anilines is 3. The highest BCUT2D eigenvalue weighted by Gasteiger charge is 2.14. The molecule has 7 heteroatoms. The highest BCUT2D eigenvalue weighted by atomic mass is 16.5. The largest absolute Gasteiger partial charge is 0.465 e. The van der Waals surface area contributed by atoms with Gasteiger partial charge in [0.05, 0.1) is 18.9 Å². The van der Waals surface area contributed by atoms with Gasteiger partial charge >= 0.3 is 5.97 Å². The Morgan fingerprint density at radius 1 is 1.23 bits per heavy atom. The van der Waals surface area contributed by atoms with Crippen LogP contribution >= 0.6 is 0 Å².